The Morgan fingerprint density at radius 3 is 1.98 bits per heavy atom. The van der Waals surface area contributed by atoms with Crippen LogP contribution in [-0.4, -0.2) is 6.85 Å². The third-order valence-corrected chi connectivity index (χ3v) is 13.1. The smallest absolute Gasteiger partial charge is 0.333 e. The molecule has 3 nitrogen and oxygen atoms in total. The summed E-state index contributed by atoms with van der Waals surface area (Å²) in [6, 6.07) is 52.4. The molecule has 0 saturated heterocycles. The number of nitrogens with zero attached hydrogens (tertiary/aromatic N) is 2. The molecule has 0 aliphatic carbocycles. The van der Waals surface area contributed by atoms with Crippen molar-refractivity contribution in [1.29, 1.82) is 0 Å². The summed E-state index contributed by atoms with van der Waals surface area (Å²) in [4.78, 5) is 5.30. The lowest BCUT2D eigenvalue weighted by Crippen LogP contribution is -2.63. The fraction of sp³-hybridized carbons (Fsp3) is 0.208. The van der Waals surface area contributed by atoms with Crippen LogP contribution in [-0.2, 0) is 16.2 Å². The molecule has 0 amide bonds. The van der Waals surface area contributed by atoms with Crippen molar-refractivity contribution in [3.8, 4) is 22.3 Å². The van der Waals surface area contributed by atoms with Gasteiger partial charge in [-0.15, -0.1) is 0 Å². The lowest BCUT2D eigenvalue weighted by molar-refractivity contribution is 0.590. The molecule has 0 unspecified atom stereocenters. The molecule has 0 spiro atoms. The predicted molar refractivity (Wildman–Crippen MR) is 242 cm³/mol. The summed E-state index contributed by atoms with van der Waals surface area (Å²) in [6.07, 6.45) is 0. The van der Waals surface area contributed by atoms with Gasteiger partial charge in [-0.3, -0.25) is 0 Å². The van der Waals surface area contributed by atoms with Gasteiger partial charge in [0.15, 0.2) is 0 Å². The largest absolute Gasteiger partial charge is 0.456 e. The minimum absolute atomic E-state index is 0.0169. The summed E-state index contributed by atoms with van der Waals surface area (Å²) < 4.78 is 6.74. The van der Waals surface area contributed by atoms with Crippen LogP contribution >= 0.6 is 0 Å². The Morgan fingerprint density at radius 1 is 0.509 bits per heavy atom. The first-order valence-corrected chi connectivity index (χ1v) is 20.5. The highest BCUT2D eigenvalue weighted by atomic mass is 16.3. The summed E-state index contributed by atoms with van der Waals surface area (Å²) in [7, 11) is 0. The van der Waals surface area contributed by atoms with Gasteiger partial charge in [0.2, 0.25) is 0 Å². The number of benzene rings is 7. The van der Waals surface area contributed by atoms with Crippen LogP contribution < -0.4 is 20.6 Å². The summed E-state index contributed by atoms with van der Waals surface area (Å²) >= 11 is 0. The zero-order chi connectivity index (χ0) is 39.2. The van der Waals surface area contributed by atoms with Gasteiger partial charge >= 0.3 is 6.85 Å². The van der Waals surface area contributed by atoms with Gasteiger partial charge in [-0.2, -0.15) is 0 Å². The second kappa shape index (κ2) is 11.5. The summed E-state index contributed by atoms with van der Waals surface area (Å²) in [5, 5.41) is 2.34. The molecule has 1 aromatic heterocycles. The second-order valence-corrected chi connectivity index (χ2v) is 19.0. The highest BCUT2D eigenvalue weighted by Crippen LogP contribution is 2.57. The van der Waals surface area contributed by atoms with Crippen LogP contribution in [0.25, 0.3) is 44.2 Å². The number of hydrogen-bond acceptors (Lipinski definition) is 3. The van der Waals surface area contributed by atoms with Crippen molar-refractivity contribution >= 4 is 68.1 Å². The van der Waals surface area contributed by atoms with Gasteiger partial charge in [0, 0.05) is 50.1 Å². The molecule has 4 heterocycles. The van der Waals surface area contributed by atoms with E-state index in [1.807, 2.05) is 0 Å². The molecule has 278 valence electrons. The van der Waals surface area contributed by atoms with Gasteiger partial charge in [0.1, 0.15) is 11.2 Å². The molecular weight excluding hydrogens is 691 g/mol. The van der Waals surface area contributed by atoms with Crippen molar-refractivity contribution in [2.75, 3.05) is 9.71 Å². The molecule has 0 N–H and O–H groups in total. The fourth-order valence-electron chi connectivity index (χ4n) is 10.2. The van der Waals surface area contributed by atoms with Gasteiger partial charge < -0.3 is 14.1 Å². The Balaban J connectivity index is 1.35. The molecule has 0 atom stereocenters. The second-order valence-electron chi connectivity index (χ2n) is 19.0. The molecule has 0 fully saturated rings. The third-order valence-electron chi connectivity index (χ3n) is 13.1. The van der Waals surface area contributed by atoms with E-state index in [2.05, 4.69) is 205 Å². The van der Waals surface area contributed by atoms with E-state index in [1.54, 1.807) is 0 Å². The van der Waals surface area contributed by atoms with E-state index in [1.165, 1.54) is 89.3 Å². The summed E-state index contributed by atoms with van der Waals surface area (Å²) in [6.45, 7) is 18.7. The molecule has 0 saturated carbocycles. The predicted octanol–water partition coefficient (Wildman–Crippen LogP) is 13.2. The van der Waals surface area contributed by atoms with E-state index in [0.29, 0.717) is 0 Å². The Morgan fingerprint density at radius 2 is 1.19 bits per heavy atom. The molecule has 57 heavy (non-hydrogen) atoms. The van der Waals surface area contributed by atoms with Gasteiger partial charge in [0.25, 0.3) is 0 Å². The van der Waals surface area contributed by atoms with Crippen molar-refractivity contribution < 1.29 is 4.42 Å². The van der Waals surface area contributed by atoms with Crippen molar-refractivity contribution in [2.24, 2.45) is 0 Å². The first-order valence-electron chi connectivity index (χ1n) is 20.5. The van der Waals surface area contributed by atoms with Crippen molar-refractivity contribution in [1.82, 2.24) is 0 Å². The Hall–Kier alpha value is -6.00. The molecule has 8 aromatic rings. The number of hydrogen-bond donors (Lipinski definition) is 0. The SMILES string of the molecule is CC(C)(C)c1ccc(N2c3cc(C(C)(C)C)cc4c3B(c3c2ccc2oc5ccccc5c32)N2c3ccccc3C(C)(C)c3cccc-4c32)c(-c2ccccc2)c1. The van der Waals surface area contributed by atoms with Gasteiger partial charge in [-0.25, -0.2) is 0 Å². The van der Waals surface area contributed by atoms with Crippen LogP contribution in [0, 0.1) is 0 Å². The Labute approximate surface area is 336 Å². The van der Waals surface area contributed by atoms with Crippen molar-refractivity contribution in [3.05, 3.63) is 162 Å². The maximum Gasteiger partial charge on any atom is 0.333 e. The minimum atomic E-state index is -0.183. The molecule has 4 heteroatoms. The molecule has 7 aromatic carbocycles. The molecular formula is C53H47BN2O. The fourth-order valence-corrected chi connectivity index (χ4v) is 10.2. The molecule has 3 aliphatic rings. The Bertz CT molecular complexity index is 2980. The monoisotopic (exact) mass is 738 g/mol. The Kier molecular flexibility index (Phi) is 6.94. The number of fused-ring (bicyclic) bond motifs is 10. The number of anilines is 5. The van der Waals surface area contributed by atoms with E-state index >= 15 is 0 Å². The highest BCUT2D eigenvalue weighted by Gasteiger charge is 2.51. The van der Waals surface area contributed by atoms with Gasteiger partial charge in [-0.05, 0) is 97.6 Å². The quantitative estimate of drug-likeness (QED) is 0.165. The van der Waals surface area contributed by atoms with Crippen LogP contribution in [0.1, 0.15) is 77.6 Å². The molecule has 0 radical (unpaired) electrons. The van der Waals surface area contributed by atoms with E-state index in [4.69, 9.17) is 4.42 Å². The number of para-hydroxylation sites is 3. The summed E-state index contributed by atoms with van der Waals surface area (Å²) in [5.74, 6) is 0. The maximum absolute atomic E-state index is 6.74. The lowest BCUT2D eigenvalue weighted by atomic mass is 9.41. The van der Waals surface area contributed by atoms with Crippen LogP contribution in [0.4, 0.5) is 28.4 Å². The van der Waals surface area contributed by atoms with Crippen LogP contribution in [0.2, 0.25) is 0 Å². The standard InChI is InChI=1S/C53H47BN2O/c1-51(2,3)33-25-26-41(37(29-33)32-17-10-9-11-18-32)55-43-27-28-46-47(36-19-12-15-24-45(36)57-46)49(43)54-48-38(30-34(31-44(48)55)52(4,5)6)35-20-16-22-40-50(35)56(54)42-23-14-13-21-39(42)53(40,7)8/h9-31H,1-8H3. The van der Waals surface area contributed by atoms with E-state index in [-0.39, 0.29) is 23.1 Å². The first kappa shape index (κ1) is 34.3. The topological polar surface area (TPSA) is 19.6 Å². The van der Waals surface area contributed by atoms with E-state index in [9.17, 15) is 0 Å². The normalized spacial score (nSPS) is 15.1. The van der Waals surface area contributed by atoms with Crippen LogP contribution in [0.15, 0.2) is 144 Å². The third kappa shape index (κ3) is 4.73. The van der Waals surface area contributed by atoms with Crippen molar-refractivity contribution in [2.45, 2.75) is 71.6 Å². The molecule has 11 rings (SSSR count). The van der Waals surface area contributed by atoms with Gasteiger partial charge in [-0.1, -0.05) is 152 Å². The van der Waals surface area contributed by atoms with E-state index < -0.39 is 0 Å². The molecule has 3 aliphatic heterocycles. The van der Waals surface area contributed by atoms with Gasteiger partial charge in [0.05, 0.1) is 5.69 Å². The number of rotatable bonds is 2. The van der Waals surface area contributed by atoms with Crippen LogP contribution in [0.5, 0.6) is 0 Å². The average Bonchev–Trinajstić information content (AvgIpc) is 3.59. The first-order chi connectivity index (χ1) is 27.3. The zero-order valence-corrected chi connectivity index (χ0v) is 34.2. The zero-order valence-electron chi connectivity index (χ0n) is 34.2. The van der Waals surface area contributed by atoms with Crippen molar-refractivity contribution in [3.63, 3.8) is 0 Å². The van der Waals surface area contributed by atoms with Crippen LogP contribution in [0.3, 0.4) is 0 Å². The molecule has 0 bridgehead atoms. The maximum atomic E-state index is 6.74. The van der Waals surface area contributed by atoms with E-state index in [0.717, 1.165) is 16.6 Å². The highest BCUT2D eigenvalue weighted by molar-refractivity contribution is 6.95. The summed E-state index contributed by atoms with van der Waals surface area (Å²) in [5.41, 5.74) is 20.8. The minimum Gasteiger partial charge on any atom is -0.456 e. The average molecular weight is 739 g/mol. The number of furan rings is 1. The lowest BCUT2D eigenvalue weighted by Gasteiger charge is -2.51.